The number of halogens is 1. The highest BCUT2D eigenvalue weighted by Gasteiger charge is 2.46. The maximum Gasteiger partial charge on any atom is 0.238 e. The topological polar surface area (TPSA) is 61.4 Å². The predicted octanol–water partition coefficient (Wildman–Crippen LogP) is 1.51. The number of amides is 1. The van der Waals surface area contributed by atoms with Gasteiger partial charge >= 0.3 is 0 Å². The summed E-state index contributed by atoms with van der Waals surface area (Å²) in [6, 6.07) is 5.78. The van der Waals surface area contributed by atoms with E-state index in [1.807, 2.05) is 13.8 Å². The number of carbonyl (C=O) groups is 1. The van der Waals surface area contributed by atoms with E-state index in [0.717, 1.165) is 0 Å². The van der Waals surface area contributed by atoms with Gasteiger partial charge < -0.3 is 15.7 Å². The minimum Gasteiger partial charge on any atom is -0.392 e. The molecule has 1 aromatic carbocycles. The van der Waals surface area contributed by atoms with Gasteiger partial charge in [-0.15, -0.1) is 0 Å². The molecule has 1 aromatic rings. The van der Waals surface area contributed by atoms with Gasteiger partial charge in [0.25, 0.3) is 0 Å². The average Bonchev–Trinajstić information content (AvgIpc) is 2.37. The Labute approximate surface area is 112 Å². The summed E-state index contributed by atoms with van der Waals surface area (Å²) in [5.74, 6) is -0.509. The molecule has 0 radical (unpaired) electrons. The van der Waals surface area contributed by atoms with E-state index < -0.39 is 0 Å². The van der Waals surface area contributed by atoms with Crippen LogP contribution in [0.25, 0.3) is 0 Å². The zero-order valence-corrected chi connectivity index (χ0v) is 11.1. The molecule has 4 nitrogen and oxygen atoms in total. The second-order valence-corrected chi connectivity index (χ2v) is 5.56. The third kappa shape index (κ3) is 3.11. The largest absolute Gasteiger partial charge is 0.392 e. The van der Waals surface area contributed by atoms with E-state index in [1.54, 1.807) is 0 Å². The molecule has 0 saturated heterocycles. The predicted molar refractivity (Wildman–Crippen MR) is 71.2 cm³/mol. The van der Waals surface area contributed by atoms with Gasteiger partial charge in [0.05, 0.1) is 12.6 Å². The molecule has 2 rings (SSSR count). The quantitative estimate of drug-likeness (QED) is 0.774. The van der Waals surface area contributed by atoms with Gasteiger partial charge in [0, 0.05) is 17.1 Å². The molecule has 1 amide bonds. The summed E-state index contributed by atoms with van der Waals surface area (Å²) in [6.07, 6.45) is 0.349. The van der Waals surface area contributed by atoms with Crippen molar-refractivity contribution >= 4 is 11.6 Å². The lowest BCUT2D eigenvalue weighted by atomic mass is 9.64. The number of rotatable bonds is 4. The van der Waals surface area contributed by atoms with Gasteiger partial charge in [-0.05, 0) is 30.7 Å². The van der Waals surface area contributed by atoms with Gasteiger partial charge in [-0.2, -0.15) is 0 Å². The Kier molecular flexibility index (Phi) is 3.87. The van der Waals surface area contributed by atoms with E-state index in [1.165, 1.54) is 24.3 Å². The lowest BCUT2D eigenvalue weighted by molar-refractivity contribution is -0.117. The number of hydrogen-bond acceptors (Lipinski definition) is 3. The summed E-state index contributed by atoms with van der Waals surface area (Å²) in [5.41, 5.74) is 0.372. The van der Waals surface area contributed by atoms with Crippen LogP contribution in [0.3, 0.4) is 0 Å². The monoisotopic (exact) mass is 266 g/mol. The van der Waals surface area contributed by atoms with Crippen LogP contribution in [-0.2, 0) is 4.79 Å². The molecule has 0 spiro atoms. The molecule has 0 aliphatic heterocycles. The van der Waals surface area contributed by atoms with Crippen molar-refractivity contribution in [3.05, 3.63) is 30.1 Å². The minimum atomic E-state index is -0.332. The molecule has 19 heavy (non-hydrogen) atoms. The average molecular weight is 266 g/mol. The second-order valence-electron chi connectivity index (χ2n) is 5.56. The molecule has 1 aliphatic rings. The Morgan fingerprint density at radius 2 is 2.05 bits per heavy atom. The van der Waals surface area contributed by atoms with Crippen molar-refractivity contribution in [1.29, 1.82) is 0 Å². The number of aliphatic hydroxyl groups excluding tert-OH is 1. The number of aliphatic hydroxyl groups is 1. The first-order valence-corrected chi connectivity index (χ1v) is 6.36. The van der Waals surface area contributed by atoms with E-state index in [-0.39, 0.29) is 35.8 Å². The third-order valence-corrected chi connectivity index (χ3v) is 3.85. The smallest absolute Gasteiger partial charge is 0.238 e. The molecule has 2 atom stereocenters. The highest BCUT2D eigenvalue weighted by molar-refractivity contribution is 5.92. The van der Waals surface area contributed by atoms with Crippen LogP contribution in [0.15, 0.2) is 24.3 Å². The zero-order valence-electron chi connectivity index (χ0n) is 11.1. The second kappa shape index (κ2) is 5.27. The summed E-state index contributed by atoms with van der Waals surface area (Å²) in [4.78, 5) is 11.7. The normalized spacial score (nSPS) is 24.6. The third-order valence-electron chi connectivity index (χ3n) is 3.85. The van der Waals surface area contributed by atoms with Gasteiger partial charge in [0.15, 0.2) is 0 Å². The van der Waals surface area contributed by atoms with Crippen molar-refractivity contribution in [2.45, 2.75) is 32.4 Å². The maximum atomic E-state index is 12.7. The Bertz CT molecular complexity index is 459. The van der Waals surface area contributed by atoms with Crippen molar-refractivity contribution < 1.29 is 14.3 Å². The lowest BCUT2D eigenvalue weighted by Crippen LogP contribution is -2.60. The number of benzene rings is 1. The molecule has 104 valence electrons. The fraction of sp³-hybridized carbons (Fsp3) is 0.500. The summed E-state index contributed by atoms with van der Waals surface area (Å²) in [6.45, 7) is 4.12. The van der Waals surface area contributed by atoms with Crippen LogP contribution in [0.2, 0.25) is 0 Å². The molecule has 2 unspecified atom stereocenters. The Hall–Kier alpha value is -1.46. The van der Waals surface area contributed by atoms with Gasteiger partial charge in [-0.25, -0.2) is 4.39 Å². The van der Waals surface area contributed by atoms with Crippen LogP contribution in [0, 0.1) is 11.2 Å². The SMILES string of the molecule is CC1(C)C(O)CC1NCC(=O)Nc1ccc(F)cc1. The Morgan fingerprint density at radius 1 is 1.42 bits per heavy atom. The van der Waals surface area contributed by atoms with E-state index in [9.17, 15) is 14.3 Å². The summed E-state index contributed by atoms with van der Waals surface area (Å²) < 4.78 is 12.7. The van der Waals surface area contributed by atoms with E-state index >= 15 is 0 Å². The van der Waals surface area contributed by atoms with Gasteiger partial charge in [0.2, 0.25) is 5.91 Å². The molecule has 1 aliphatic carbocycles. The number of nitrogens with one attached hydrogen (secondary N) is 2. The molecule has 3 N–H and O–H groups in total. The van der Waals surface area contributed by atoms with Gasteiger partial charge in [-0.3, -0.25) is 4.79 Å². The first-order valence-electron chi connectivity index (χ1n) is 6.36. The van der Waals surface area contributed by atoms with Crippen molar-refractivity contribution in [3.63, 3.8) is 0 Å². The zero-order chi connectivity index (χ0) is 14.0. The van der Waals surface area contributed by atoms with Crippen molar-refractivity contribution in [2.75, 3.05) is 11.9 Å². The van der Waals surface area contributed by atoms with Crippen molar-refractivity contribution in [2.24, 2.45) is 5.41 Å². The summed E-state index contributed by atoms with van der Waals surface area (Å²) in [7, 11) is 0. The van der Waals surface area contributed by atoms with E-state index in [0.29, 0.717) is 12.1 Å². The maximum absolute atomic E-state index is 12.7. The van der Waals surface area contributed by atoms with Crippen LogP contribution in [0.1, 0.15) is 20.3 Å². The number of carbonyl (C=O) groups excluding carboxylic acids is 1. The molecular formula is C14H19FN2O2. The molecule has 1 saturated carbocycles. The van der Waals surface area contributed by atoms with Crippen LogP contribution in [0.4, 0.5) is 10.1 Å². The number of anilines is 1. The van der Waals surface area contributed by atoms with Crippen molar-refractivity contribution in [1.82, 2.24) is 5.32 Å². The standard InChI is InChI=1S/C14H19FN2O2/c1-14(2)11(7-12(14)18)16-8-13(19)17-10-5-3-9(15)4-6-10/h3-6,11-12,16,18H,7-8H2,1-2H3,(H,17,19). The molecular weight excluding hydrogens is 247 g/mol. The van der Waals surface area contributed by atoms with Gasteiger partial charge in [0.1, 0.15) is 5.82 Å². The summed E-state index contributed by atoms with van der Waals surface area (Å²) >= 11 is 0. The van der Waals surface area contributed by atoms with E-state index in [4.69, 9.17) is 0 Å². The molecule has 0 heterocycles. The molecule has 0 aromatic heterocycles. The fourth-order valence-electron chi connectivity index (χ4n) is 2.20. The Morgan fingerprint density at radius 3 is 2.58 bits per heavy atom. The first kappa shape index (κ1) is 14.0. The van der Waals surface area contributed by atoms with Crippen LogP contribution < -0.4 is 10.6 Å². The Balaban J connectivity index is 1.78. The highest BCUT2D eigenvalue weighted by atomic mass is 19.1. The molecule has 0 bridgehead atoms. The highest BCUT2D eigenvalue weighted by Crippen LogP contribution is 2.40. The van der Waals surface area contributed by atoms with Gasteiger partial charge in [-0.1, -0.05) is 13.8 Å². The van der Waals surface area contributed by atoms with Crippen molar-refractivity contribution in [3.8, 4) is 0 Å². The van der Waals surface area contributed by atoms with Crippen LogP contribution >= 0.6 is 0 Å². The first-order chi connectivity index (χ1) is 8.89. The fourth-order valence-corrected chi connectivity index (χ4v) is 2.20. The summed E-state index contributed by atoms with van der Waals surface area (Å²) in [5, 5.41) is 15.4. The lowest BCUT2D eigenvalue weighted by Gasteiger charge is -2.49. The minimum absolute atomic E-state index is 0.140. The molecule has 1 fully saturated rings. The van der Waals surface area contributed by atoms with E-state index in [2.05, 4.69) is 10.6 Å². The molecule has 5 heteroatoms. The number of hydrogen-bond donors (Lipinski definition) is 3. The van der Waals surface area contributed by atoms with Crippen LogP contribution in [-0.4, -0.2) is 29.7 Å². The van der Waals surface area contributed by atoms with Crippen LogP contribution in [0.5, 0.6) is 0 Å².